The summed E-state index contributed by atoms with van der Waals surface area (Å²) in [6.07, 6.45) is 7.90. The van der Waals surface area contributed by atoms with E-state index in [0.717, 1.165) is 5.69 Å². The molecule has 1 nitrogen and oxygen atoms in total. The van der Waals surface area contributed by atoms with Crippen LogP contribution in [0.1, 0.15) is 12.5 Å². The van der Waals surface area contributed by atoms with Crippen LogP contribution in [0.15, 0.2) is 48.7 Å². The minimum atomic E-state index is 1.16. The second-order valence-electron chi connectivity index (χ2n) is 2.84. The third-order valence-corrected chi connectivity index (χ3v) is 1.78. The second kappa shape index (κ2) is 5.20. The van der Waals surface area contributed by atoms with Crippen LogP contribution in [0.4, 0.5) is 5.69 Å². The first kappa shape index (κ1) is 9.59. The van der Waals surface area contributed by atoms with E-state index in [4.69, 9.17) is 0 Å². The molecule has 0 saturated heterocycles. The summed E-state index contributed by atoms with van der Waals surface area (Å²) >= 11 is 0. The molecule has 0 atom stereocenters. The minimum absolute atomic E-state index is 1.16. The number of allylic oxidation sites excluding steroid dienone is 3. The Hall–Kier alpha value is -1.50. The van der Waals surface area contributed by atoms with E-state index in [-0.39, 0.29) is 0 Å². The average molecular weight is 173 g/mol. The summed E-state index contributed by atoms with van der Waals surface area (Å²) < 4.78 is 0. The van der Waals surface area contributed by atoms with Crippen molar-refractivity contribution >= 4 is 5.69 Å². The summed E-state index contributed by atoms with van der Waals surface area (Å²) in [5, 5.41) is 3.22. The van der Waals surface area contributed by atoms with E-state index in [0.29, 0.717) is 0 Å². The zero-order valence-corrected chi connectivity index (χ0v) is 8.12. The molecule has 68 valence electrons. The lowest BCUT2D eigenvalue weighted by molar-refractivity contribution is 1.44. The number of rotatable bonds is 3. The monoisotopic (exact) mass is 173 g/mol. The topological polar surface area (TPSA) is 12.0 Å². The molecule has 1 rings (SSSR count). The molecule has 0 aliphatic heterocycles. The smallest absolute Gasteiger partial charge is 0.0409 e. The Labute approximate surface area is 79.8 Å². The Morgan fingerprint density at radius 2 is 1.92 bits per heavy atom. The first-order valence-corrected chi connectivity index (χ1v) is 4.44. The van der Waals surface area contributed by atoms with Crippen molar-refractivity contribution in [3.05, 3.63) is 54.3 Å². The number of aryl methyl sites for hydroxylation is 1. The van der Waals surface area contributed by atoms with Crippen molar-refractivity contribution in [3.63, 3.8) is 0 Å². The molecule has 0 aliphatic carbocycles. The summed E-state index contributed by atoms with van der Waals surface area (Å²) in [6.45, 7) is 4.09. The summed E-state index contributed by atoms with van der Waals surface area (Å²) in [4.78, 5) is 0. The van der Waals surface area contributed by atoms with Crippen molar-refractivity contribution in [2.45, 2.75) is 13.8 Å². The largest absolute Gasteiger partial charge is 0.361 e. The summed E-state index contributed by atoms with van der Waals surface area (Å²) in [6, 6.07) is 8.22. The van der Waals surface area contributed by atoms with Crippen LogP contribution < -0.4 is 5.32 Å². The van der Waals surface area contributed by atoms with E-state index in [2.05, 4.69) is 24.4 Å². The fraction of sp³-hybridized carbons (Fsp3) is 0.167. The Kier molecular flexibility index (Phi) is 3.83. The molecule has 0 aliphatic rings. The second-order valence-corrected chi connectivity index (χ2v) is 2.84. The molecule has 13 heavy (non-hydrogen) atoms. The van der Waals surface area contributed by atoms with Crippen LogP contribution in [0, 0.1) is 6.92 Å². The van der Waals surface area contributed by atoms with Crippen LogP contribution in [-0.4, -0.2) is 0 Å². The zero-order chi connectivity index (χ0) is 9.52. The van der Waals surface area contributed by atoms with E-state index >= 15 is 0 Å². The Morgan fingerprint density at radius 3 is 2.62 bits per heavy atom. The molecular weight excluding hydrogens is 158 g/mol. The van der Waals surface area contributed by atoms with Crippen molar-refractivity contribution in [1.29, 1.82) is 0 Å². The van der Waals surface area contributed by atoms with Gasteiger partial charge in [0.15, 0.2) is 0 Å². The van der Waals surface area contributed by atoms with E-state index in [1.807, 2.05) is 43.5 Å². The van der Waals surface area contributed by atoms with Gasteiger partial charge in [0, 0.05) is 11.9 Å². The van der Waals surface area contributed by atoms with Gasteiger partial charge in [0.25, 0.3) is 0 Å². The van der Waals surface area contributed by atoms with Crippen molar-refractivity contribution in [3.8, 4) is 0 Å². The maximum absolute atomic E-state index is 3.22. The summed E-state index contributed by atoms with van der Waals surface area (Å²) in [5.41, 5.74) is 2.41. The first-order valence-electron chi connectivity index (χ1n) is 4.44. The number of benzene rings is 1. The maximum Gasteiger partial charge on any atom is 0.0409 e. The highest BCUT2D eigenvalue weighted by Gasteiger charge is 1.90. The molecule has 0 heterocycles. The lowest BCUT2D eigenvalue weighted by atomic mass is 10.2. The van der Waals surface area contributed by atoms with Crippen molar-refractivity contribution in [1.82, 2.24) is 0 Å². The summed E-state index contributed by atoms with van der Waals surface area (Å²) in [5.74, 6) is 0. The molecule has 0 amide bonds. The van der Waals surface area contributed by atoms with Crippen LogP contribution >= 0.6 is 0 Å². The van der Waals surface area contributed by atoms with Crippen LogP contribution in [0.2, 0.25) is 0 Å². The van der Waals surface area contributed by atoms with Gasteiger partial charge in [0.1, 0.15) is 0 Å². The number of nitrogens with one attached hydrogen (secondary N) is 1. The highest BCUT2D eigenvalue weighted by molar-refractivity contribution is 5.52. The van der Waals surface area contributed by atoms with Gasteiger partial charge in [-0.25, -0.2) is 0 Å². The minimum Gasteiger partial charge on any atom is -0.361 e. The van der Waals surface area contributed by atoms with Crippen LogP contribution in [0.5, 0.6) is 0 Å². The van der Waals surface area contributed by atoms with E-state index in [1.165, 1.54) is 5.56 Å². The molecule has 0 radical (unpaired) electrons. The molecule has 1 aromatic rings. The normalized spacial score (nSPS) is 11.2. The lowest BCUT2D eigenvalue weighted by Gasteiger charge is -2.03. The lowest BCUT2D eigenvalue weighted by Crippen LogP contribution is -1.89. The van der Waals surface area contributed by atoms with Gasteiger partial charge in [-0.1, -0.05) is 30.4 Å². The molecule has 0 fully saturated rings. The van der Waals surface area contributed by atoms with Gasteiger partial charge in [-0.05, 0) is 31.6 Å². The van der Waals surface area contributed by atoms with Crippen LogP contribution in [0.3, 0.4) is 0 Å². The van der Waals surface area contributed by atoms with Gasteiger partial charge in [-0.3, -0.25) is 0 Å². The van der Waals surface area contributed by atoms with Gasteiger partial charge in [0.05, 0.1) is 0 Å². The van der Waals surface area contributed by atoms with Gasteiger partial charge in [0.2, 0.25) is 0 Å². The number of anilines is 1. The first-order chi connectivity index (χ1) is 6.34. The quantitative estimate of drug-likeness (QED) is 0.690. The van der Waals surface area contributed by atoms with Gasteiger partial charge in [-0.2, -0.15) is 0 Å². The highest BCUT2D eigenvalue weighted by Crippen LogP contribution is 2.12. The molecule has 0 spiro atoms. The van der Waals surface area contributed by atoms with Crippen molar-refractivity contribution in [2.24, 2.45) is 0 Å². The molecule has 1 aromatic carbocycles. The molecule has 0 unspecified atom stereocenters. The Bertz CT molecular complexity index is 311. The average Bonchev–Trinajstić information content (AvgIpc) is 2.15. The third-order valence-electron chi connectivity index (χ3n) is 1.78. The highest BCUT2D eigenvalue weighted by atomic mass is 14.8. The molecule has 0 saturated carbocycles. The number of para-hydroxylation sites is 1. The molecule has 0 aromatic heterocycles. The van der Waals surface area contributed by atoms with Crippen LogP contribution in [0.25, 0.3) is 0 Å². The Balaban J connectivity index is 2.59. The fourth-order valence-electron chi connectivity index (χ4n) is 1.04. The van der Waals surface area contributed by atoms with Gasteiger partial charge < -0.3 is 5.32 Å². The zero-order valence-electron chi connectivity index (χ0n) is 8.12. The fourth-order valence-corrected chi connectivity index (χ4v) is 1.04. The van der Waals surface area contributed by atoms with E-state index < -0.39 is 0 Å². The summed E-state index contributed by atoms with van der Waals surface area (Å²) in [7, 11) is 0. The van der Waals surface area contributed by atoms with Gasteiger partial charge >= 0.3 is 0 Å². The number of hydrogen-bond donors (Lipinski definition) is 1. The molecular formula is C12H15N. The maximum atomic E-state index is 3.22. The number of hydrogen-bond acceptors (Lipinski definition) is 1. The van der Waals surface area contributed by atoms with Crippen LogP contribution in [-0.2, 0) is 0 Å². The van der Waals surface area contributed by atoms with Gasteiger partial charge in [-0.15, -0.1) is 0 Å². The predicted molar refractivity (Wildman–Crippen MR) is 58.8 cm³/mol. The van der Waals surface area contributed by atoms with E-state index in [9.17, 15) is 0 Å². The molecule has 0 bridgehead atoms. The predicted octanol–water partition coefficient (Wildman–Crippen LogP) is 3.50. The van der Waals surface area contributed by atoms with Crippen molar-refractivity contribution in [2.75, 3.05) is 5.32 Å². The standard InChI is InChI=1S/C12H15N/c1-3-4-7-10-13-12-9-6-5-8-11(12)2/h3-10,13H,1-2H3/b4-3+,10-7+. The SMILES string of the molecule is C/C=C/C=C/Nc1ccccc1C. The van der Waals surface area contributed by atoms with Crippen molar-refractivity contribution < 1.29 is 0 Å². The molecule has 1 N–H and O–H groups in total. The molecule has 1 heteroatoms. The van der Waals surface area contributed by atoms with E-state index in [1.54, 1.807) is 0 Å². The third kappa shape index (κ3) is 3.16. The Morgan fingerprint density at radius 1 is 1.15 bits per heavy atom.